The fourth-order valence-electron chi connectivity index (χ4n) is 3.84. The van der Waals surface area contributed by atoms with E-state index in [2.05, 4.69) is 32.9 Å². The monoisotopic (exact) mass is 385 g/mol. The molecule has 2 aromatic rings. The molecule has 1 atom stereocenters. The van der Waals surface area contributed by atoms with E-state index in [0.717, 1.165) is 43.2 Å². The van der Waals surface area contributed by atoms with Crippen molar-refractivity contribution in [2.75, 3.05) is 45.9 Å². The van der Waals surface area contributed by atoms with Crippen LogP contribution in [0.3, 0.4) is 0 Å². The highest BCUT2D eigenvalue weighted by atomic mass is 16.7. The van der Waals surface area contributed by atoms with Crippen LogP contribution in [0, 0.1) is 0 Å². The van der Waals surface area contributed by atoms with Gasteiger partial charge in [-0.15, -0.1) is 0 Å². The molecule has 8 nitrogen and oxygen atoms in total. The summed E-state index contributed by atoms with van der Waals surface area (Å²) >= 11 is 0. The second-order valence-electron chi connectivity index (χ2n) is 7.70. The number of aromatic nitrogens is 2. The van der Waals surface area contributed by atoms with Crippen LogP contribution in [0.15, 0.2) is 29.1 Å². The molecule has 0 radical (unpaired) electrons. The third-order valence-corrected chi connectivity index (χ3v) is 5.36. The average Bonchev–Trinajstić information content (AvgIpc) is 3.31. The number of likely N-dealkylation sites (tertiary alicyclic amines) is 1. The Kier molecular flexibility index (Phi) is 5.23. The van der Waals surface area contributed by atoms with Crippen molar-refractivity contribution in [3.63, 3.8) is 0 Å². The van der Waals surface area contributed by atoms with Gasteiger partial charge >= 0.3 is 0 Å². The Labute approximate surface area is 164 Å². The lowest BCUT2D eigenvalue weighted by atomic mass is 10.2. The summed E-state index contributed by atoms with van der Waals surface area (Å²) in [5.41, 5.74) is 1.85. The maximum Gasteiger partial charge on any atom is 0.252 e. The number of ether oxygens (including phenoxy) is 2. The molecule has 2 aliphatic heterocycles. The topological polar surface area (TPSA) is 73.9 Å². The van der Waals surface area contributed by atoms with E-state index in [-0.39, 0.29) is 5.56 Å². The number of likely N-dealkylation sites (N-methyl/N-ethyl adjacent to an activating group) is 1. The number of hydrogen-bond acceptors (Lipinski definition) is 7. The minimum absolute atomic E-state index is 0.115. The average molecular weight is 385 g/mol. The molecule has 0 amide bonds. The Morgan fingerprint density at radius 3 is 2.96 bits per heavy atom. The molecule has 1 aromatic heterocycles. The molecule has 1 saturated heterocycles. The Hall–Kier alpha value is -2.58. The van der Waals surface area contributed by atoms with Crippen LogP contribution < -0.4 is 19.9 Å². The van der Waals surface area contributed by atoms with Gasteiger partial charge in [0.05, 0.1) is 5.69 Å². The minimum Gasteiger partial charge on any atom is -0.454 e. The quantitative estimate of drug-likeness (QED) is 0.803. The van der Waals surface area contributed by atoms with Crippen molar-refractivity contribution in [2.24, 2.45) is 0 Å². The van der Waals surface area contributed by atoms with Crippen LogP contribution in [0.4, 0.5) is 5.95 Å². The maximum atomic E-state index is 11.9. The van der Waals surface area contributed by atoms with Crippen LogP contribution in [0.1, 0.15) is 17.7 Å². The van der Waals surface area contributed by atoms with Gasteiger partial charge < -0.3 is 14.4 Å². The molecule has 1 aromatic carbocycles. The first-order chi connectivity index (χ1) is 13.5. The number of hydrogen-bond donors (Lipinski definition) is 1. The fourth-order valence-corrected chi connectivity index (χ4v) is 3.84. The van der Waals surface area contributed by atoms with Crippen molar-refractivity contribution in [1.82, 2.24) is 19.8 Å². The molecule has 0 saturated carbocycles. The van der Waals surface area contributed by atoms with Crippen molar-refractivity contribution < 1.29 is 9.47 Å². The van der Waals surface area contributed by atoms with Crippen LogP contribution in [0.2, 0.25) is 0 Å². The van der Waals surface area contributed by atoms with E-state index in [1.807, 2.05) is 31.1 Å². The van der Waals surface area contributed by atoms with E-state index in [1.165, 1.54) is 5.56 Å². The molecule has 0 aliphatic carbocycles. The number of H-pyrrole nitrogens is 1. The summed E-state index contributed by atoms with van der Waals surface area (Å²) in [6, 6.07) is 8.08. The van der Waals surface area contributed by atoms with Gasteiger partial charge in [-0.05, 0) is 19.5 Å². The first-order valence-corrected chi connectivity index (χ1v) is 9.57. The van der Waals surface area contributed by atoms with E-state index in [9.17, 15) is 4.79 Å². The molecule has 2 aliphatic rings. The third-order valence-electron chi connectivity index (χ3n) is 5.36. The fraction of sp³-hybridized carbons (Fsp3) is 0.500. The van der Waals surface area contributed by atoms with Gasteiger partial charge in [-0.1, -0.05) is 12.1 Å². The highest BCUT2D eigenvalue weighted by Gasteiger charge is 2.28. The number of fused-ring (bicyclic) bond motifs is 1. The summed E-state index contributed by atoms with van der Waals surface area (Å²) in [5.74, 6) is 2.30. The summed E-state index contributed by atoms with van der Waals surface area (Å²) in [6.45, 7) is 3.82. The zero-order valence-corrected chi connectivity index (χ0v) is 16.6. The molecule has 4 rings (SSSR count). The predicted molar refractivity (Wildman–Crippen MR) is 107 cm³/mol. The van der Waals surface area contributed by atoms with Crippen LogP contribution >= 0.6 is 0 Å². The molecular formula is C20H27N5O3. The third kappa shape index (κ3) is 3.98. The number of anilines is 1. The second-order valence-corrected chi connectivity index (χ2v) is 7.70. The standard InChI is InChI=1S/C20H27N5O3/c1-23(2)20-21-15(9-18(26)22-20)11-24(3)16-7-8-25(12-16)10-14-5-4-6-17-19(14)28-13-27-17/h4-6,9,16H,7-8,10-13H2,1-3H3,(H,21,22,26)/t16-/m1/s1. The summed E-state index contributed by atoms with van der Waals surface area (Å²) < 4.78 is 11.1. The van der Waals surface area contributed by atoms with E-state index in [1.54, 1.807) is 6.07 Å². The number of rotatable bonds is 6. The van der Waals surface area contributed by atoms with Gasteiger partial charge in [-0.25, -0.2) is 4.98 Å². The normalized spacial score (nSPS) is 18.8. The molecular weight excluding hydrogens is 358 g/mol. The largest absolute Gasteiger partial charge is 0.454 e. The Bertz CT molecular complexity index is 898. The smallest absolute Gasteiger partial charge is 0.252 e. The lowest BCUT2D eigenvalue weighted by molar-refractivity contribution is 0.172. The van der Waals surface area contributed by atoms with Crippen LogP contribution in [0.5, 0.6) is 11.5 Å². The van der Waals surface area contributed by atoms with Gasteiger partial charge in [-0.2, -0.15) is 0 Å². The number of benzene rings is 1. The molecule has 0 unspecified atom stereocenters. The van der Waals surface area contributed by atoms with Gasteiger partial charge in [0, 0.05) is 57.9 Å². The summed E-state index contributed by atoms with van der Waals surface area (Å²) in [5, 5.41) is 0. The molecule has 150 valence electrons. The highest BCUT2D eigenvalue weighted by Crippen LogP contribution is 2.36. The predicted octanol–water partition coefficient (Wildman–Crippen LogP) is 1.27. The van der Waals surface area contributed by atoms with Crippen molar-refractivity contribution in [1.29, 1.82) is 0 Å². The van der Waals surface area contributed by atoms with Crippen molar-refractivity contribution >= 4 is 5.95 Å². The van der Waals surface area contributed by atoms with Gasteiger partial charge in [-0.3, -0.25) is 19.6 Å². The first-order valence-electron chi connectivity index (χ1n) is 9.57. The van der Waals surface area contributed by atoms with Gasteiger partial charge in [0.25, 0.3) is 5.56 Å². The lowest BCUT2D eigenvalue weighted by Gasteiger charge is -2.25. The van der Waals surface area contributed by atoms with Crippen LogP contribution in [-0.2, 0) is 13.1 Å². The van der Waals surface area contributed by atoms with Crippen LogP contribution in [0.25, 0.3) is 0 Å². The first kappa shape index (κ1) is 18.8. The number of nitrogens with zero attached hydrogens (tertiary/aromatic N) is 4. The Morgan fingerprint density at radius 1 is 1.29 bits per heavy atom. The van der Waals surface area contributed by atoms with Crippen molar-refractivity contribution in [3.05, 3.63) is 45.9 Å². The highest BCUT2D eigenvalue weighted by molar-refractivity contribution is 5.48. The minimum atomic E-state index is -0.115. The van der Waals surface area contributed by atoms with Gasteiger partial charge in [0.2, 0.25) is 12.7 Å². The van der Waals surface area contributed by atoms with E-state index in [0.29, 0.717) is 25.3 Å². The van der Waals surface area contributed by atoms with Gasteiger partial charge in [0.1, 0.15) is 0 Å². The number of aromatic amines is 1. The maximum absolute atomic E-state index is 11.9. The molecule has 0 bridgehead atoms. The number of nitrogens with one attached hydrogen (secondary N) is 1. The second kappa shape index (κ2) is 7.81. The molecule has 1 N–H and O–H groups in total. The summed E-state index contributed by atoms with van der Waals surface area (Å²) in [6.07, 6.45) is 1.09. The zero-order chi connectivity index (χ0) is 19.7. The molecule has 8 heteroatoms. The Morgan fingerprint density at radius 2 is 2.14 bits per heavy atom. The molecule has 3 heterocycles. The summed E-state index contributed by atoms with van der Waals surface area (Å²) in [7, 11) is 5.84. The summed E-state index contributed by atoms with van der Waals surface area (Å²) in [4.78, 5) is 25.7. The molecule has 1 fully saturated rings. The van der Waals surface area contributed by atoms with Crippen molar-refractivity contribution in [2.45, 2.75) is 25.6 Å². The van der Waals surface area contributed by atoms with Gasteiger partial charge in [0.15, 0.2) is 11.5 Å². The molecule has 28 heavy (non-hydrogen) atoms. The van der Waals surface area contributed by atoms with Crippen LogP contribution in [-0.4, -0.2) is 66.8 Å². The van der Waals surface area contributed by atoms with E-state index < -0.39 is 0 Å². The Balaban J connectivity index is 1.38. The van der Waals surface area contributed by atoms with E-state index in [4.69, 9.17) is 9.47 Å². The molecule has 0 spiro atoms. The van der Waals surface area contributed by atoms with E-state index >= 15 is 0 Å². The SMILES string of the molecule is CN(C)c1nc(CN(C)[C@@H]2CCN(Cc3cccc4c3OCO4)C2)cc(=O)[nH]1. The van der Waals surface area contributed by atoms with Crippen molar-refractivity contribution in [3.8, 4) is 11.5 Å². The lowest BCUT2D eigenvalue weighted by Crippen LogP contribution is -2.34. The number of para-hydroxylation sites is 1. The zero-order valence-electron chi connectivity index (χ0n) is 16.6.